The van der Waals surface area contributed by atoms with Gasteiger partial charge in [-0.1, -0.05) is 57.5 Å². The van der Waals surface area contributed by atoms with Crippen LogP contribution in [0, 0.1) is 0 Å². The van der Waals surface area contributed by atoms with E-state index < -0.39 is 0 Å². The molecule has 0 aromatic heterocycles. The van der Waals surface area contributed by atoms with E-state index >= 15 is 0 Å². The summed E-state index contributed by atoms with van der Waals surface area (Å²) in [5, 5.41) is 3.59. The third kappa shape index (κ3) is 4.14. The van der Waals surface area contributed by atoms with E-state index in [2.05, 4.69) is 51.2 Å². The monoisotopic (exact) mass is 361 g/mol. The number of halogens is 1. The van der Waals surface area contributed by atoms with Crippen LogP contribution in [0.1, 0.15) is 61.0 Å². The molecule has 0 aliphatic carbocycles. The fourth-order valence-electron chi connectivity index (χ4n) is 2.68. The number of thioether (sulfide) groups is 1. The molecule has 0 aliphatic heterocycles. The summed E-state index contributed by atoms with van der Waals surface area (Å²) in [7, 11) is 0. The molecule has 2 nitrogen and oxygen atoms in total. The molecule has 4 heteroatoms. The van der Waals surface area contributed by atoms with Crippen molar-refractivity contribution in [2.75, 3.05) is 11.6 Å². The van der Waals surface area contributed by atoms with Crippen molar-refractivity contribution in [3.05, 3.63) is 58.1 Å². The second-order valence-electron chi connectivity index (χ2n) is 6.42. The summed E-state index contributed by atoms with van der Waals surface area (Å²) < 4.78 is 0. The molecule has 128 valence electrons. The van der Waals surface area contributed by atoms with Crippen LogP contribution in [-0.2, 0) is 0 Å². The zero-order valence-electron chi connectivity index (χ0n) is 14.8. The van der Waals surface area contributed by atoms with Crippen LogP contribution < -0.4 is 5.32 Å². The van der Waals surface area contributed by atoms with Gasteiger partial charge < -0.3 is 5.32 Å². The molecule has 0 saturated carbocycles. The molecule has 0 saturated heterocycles. The van der Waals surface area contributed by atoms with Crippen molar-refractivity contribution in [1.82, 2.24) is 0 Å². The lowest BCUT2D eigenvalue weighted by molar-refractivity contribution is 0.102. The van der Waals surface area contributed by atoms with Gasteiger partial charge in [-0.3, -0.25) is 4.79 Å². The van der Waals surface area contributed by atoms with Crippen LogP contribution in [0.15, 0.2) is 41.3 Å². The van der Waals surface area contributed by atoms with Crippen molar-refractivity contribution in [2.45, 2.75) is 44.4 Å². The number of hydrogen-bond donors (Lipinski definition) is 1. The van der Waals surface area contributed by atoms with Gasteiger partial charge in [-0.05, 0) is 47.4 Å². The number of anilines is 1. The van der Waals surface area contributed by atoms with Gasteiger partial charge in [-0.15, -0.1) is 11.8 Å². The number of amides is 1. The quantitative estimate of drug-likeness (QED) is 0.611. The predicted octanol–water partition coefficient (Wildman–Crippen LogP) is 6.56. The van der Waals surface area contributed by atoms with E-state index in [1.165, 1.54) is 0 Å². The maximum absolute atomic E-state index is 12.8. The maximum atomic E-state index is 12.8. The Kier molecular flexibility index (Phi) is 6.36. The van der Waals surface area contributed by atoms with E-state index in [4.69, 9.17) is 11.6 Å². The van der Waals surface area contributed by atoms with Crippen LogP contribution in [0.4, 0.5) is 5.69 Å². The van der Waals surface area contributed by atoms with Gasteiger partial charge in [0.2, 0.25) is 0 Å². The molecule has 2 rings (SSSR count). The van der Waals surface area contributed by atoms with E-state index in [0.717, 1.165) is 21.7 Å². The second kappa shape index (κ2) is 8.09. The molecular formula is C20H24ClNOS. The number of nitrogens with one attached hydrogen (secondary N) is 1. The van der Waals surface area contributed by atoms with Crippen molar-refractivity contribution in [3.8, 4) is 0 Å². The molecule has 0 atom stereocenters. The molecule has 24 heavy (non-hydrogen) atoms. The number of carbonyl (C=O) groups excluding carboxylic acids is 1. The number of benzene rings is 2. The molecule has 0 heterocycles. The van der Waals surface area contributed by atoms with Gasteiger partial charge in [0.15, 0.2) is 0 Å². The minimum absolute atomic E-state index is 0.161. The van der Waals surface area contributed by atoms with Gasteiger partial charge in [0.25, 0.3) is 5.91 Å². The summed E-state index contributed by atoms with van der Waals surface area (Å²) in [5.41, 5.74) is 3.72. The molecule has 0 radical (unpaired) electrons. The third-order valence-corrected chi connectivity index (χ3v) is 5.08. The lowest BCUT2D eigenvalue weighted by Crippen LogP contribution is -2.16. The minimum atomic E-state index is -0.161. The summed E-state index contributed by atoms with van der Waals surface area (Å²) >= 11 is 7.84. The van der Waals surface area contributed by atoms with Crippen LogP contribution in [-0.4, -0.2) is 12.2 Å². The highest BCUT2D eigenvalue weighted by Gasteiger charge is 2.18. The summed E-state index contributed by atoms with van der Waals surface area (Å²) in [4.78, 5) is 13.9. The first kappa shape index (κ1) is 18.9. The zero-order valence-corrected chi connectivity index (χ0v) is 16.4. The Hall–Kier alpha value is -1.45. The Morgan fingerprint density at radius 2 is 1.62 bits per heavy atom. The Bertz CT molecular complexity index is 714. The van der Waals surface area contributed by atoms with Gasteiger partial charge in [-0.25, -0.2) is 0 Å². The first-order valence-electron chi connectivity index (χ1n) is 8.12. The average Bonchev–Trinajstić information content (AvgIpc) is 2.54. The van der Waals surface area contributed by atoms with E-state index in [1.54, 1.807) is 17.8 Å². The van der Waals surface area contributed by atoms with Crippen LogP contribution in [0.5, 0.6) is 0 Å². The minimum Gasteiger partial charge on any atom is -0.321 e. The van der Waals surface area contributed by atoms with Crippen molar-refractivity contribution < 1.29 is 4.79 Å². The van der Waals surface area contributed by atoms with Gasteiger partial charge in [0, 0.05) is 10.6 Å². The largest absolute Gasteiger partial charge is 0.321 e. The van der Waals surface area contributed by atoms with Crippen molar-refractivity contribution >= 4 is 35.0 Å². The van der Waals surface area contributed by atoms with Crippen LogP contribution >= 0.6 is 23.4 Å². The Morgan fingerprint density at radius 3 is 2.12 bits per heavy atom. The normalized spacial score (nSPS) is 11.2. The van der Waals surface area contributed by atoms with E-state index in [0.29, 0.717) is 22.4 Å². The molecule has 1 N–H and O–H groups in total. The van der Waals surface area contributed by atoms with Gasteiger partial charge >= 0.3 is 0 Å². The molecular weight excluding hydrogens is 338 g/mol. The molecule has 1 amide bonds. The van der Waals surface area contributed by atoms with Crippen LogP contribution in [0.25, 0.3) is 0 Å². The lowest BCUT2D eigenvalue weighted by atomic mass is 9.92. The molecule has 0 spiro atoms. The number of hydrogen-bond acceptors (Lipinski definition) is 2. The van der Waals surface area contributed by atoms with Crippen molar-refractivity contribution in [2.24, 2.45) is 0 Å². The van der Waals surface area contributed by atoms with Crippen molar-refractivity contribution in [3.63, 3.8) is 0 Å². The van der Waals surface area contributed by atoms with Crippen molar-refractivity contribution in [1.29, 1.82) is 0 Å². The van der Waals surface area contributed by atoms with E-state index in [-0.39, 0.29) is 5.91 Å². The highest BCUT2D eigenvalue weighted by molar-refractivity contribution is 7.98. The fraction of sp³-hybridized carbons (Fsp3) is 0.350. The van der Waals surface area contributed by atoms with Gasteiger partial charge in [-0.2, -0.15) is 0 Å². The summed E-state index contributed by atoms with van der Waals surface area (Å²) in [6.45, 7) is 8.54. The molecule has 2 aromatic rings. The van der Waals surface area contributed by atoms with E-state index in [1.807, 2.05) is 18.4 Å². The average molecular weight is 362 g/mol. The predicted molar refractivity (Wildman–Crippen MR) is 106 cm³/mol. The standard InChI is InChI=1S/C20H24ClNOS/c1-12(2)15-7-6-8-16(13(3)4)19(15)22-20(23)17-11-14(24-5)9-10-18(17)21/h6-13H,1-5H3,(H,22,23). The van der Waals surface area contributed by atoms with Crippen LogP contribution in [0.2, 0.25) is 5.02 Å². The topological polar surface area (TPSA) is 29.1 Å². The number of rotatable bonds is 5. The summed E-state index contributed by atoms with van der Waals surface area (Å²) in [6.07, 6.45) is 1.98. The summed E-state index contributed by atoms with van der Waals surface area (Å²) in [6, 6.07) is 11.8. The molecule has 2 aromatic carbocycles. The van der Waals surface area contributed by atoms with Gasteiger partial charge in [0.1, 0.15) is 0 Å². The smallest absolute Gasteiger partial charge is 0.257 e. The van der Waals surface area contributed by atoms with Gasteiger partial charge in [0.05, 0.1) is 10.6 Å². The first-order chi connectivity index (χ1) is 11.3. The third-order valence-electron chi connectivity index (χ3n) is 4.03. The Morgan fingerprint density at radius 1 is 1.04 bits per heavy atom. The Labute approximate surface area is 154 Å². The van der Waals surface area contributed by atoms with E-state index in [9.17, 15) is 4.79 Å². The molecule has 0 unspecified atom stereocenters. The van der Waals surface area contributed by atoms with Crippen LogP contribution in [0.3, 0.4) is 0 Å². The highest BCUT2D eigenvalue weighted by atomic mass is 35.5. The second-order valence-corrected chi connectivity index (χ2v) is 7.71. The molecule has 0 aliphatic rings. The molecule has 0 fully saturated rings. The first-order valence-corrected chi connectivity index (χ1v) is 9.73. The maximum Gasteiger partial charge on any atom is 0.257 e. The number of para-hydroxylation sites is 1. The SMILES string of the molecule is CSc1ccc(Cl)c(C(=O)Nc2c(C(C)C)cccc2C(C)C)c1. The highest BCUT2D eigenvalue weighted by Crippen LogP contribution is 2.33. The lowest BCUT2D eigenvalue weighted by Gasteiger charge is -2.20. The Balaban J connectivity index is 2.45. The molecule has 0 bridgehead atoms. The zero-order chi connectivity index (χ0) is 17.9. The number of carbonyl (C=O) groups is 1. The summed E-state index contributed by atoms with van der Waals surface area (Å²) in [5.74, 6) is 0.491. The fourth-order valence-corrected chi connectivity index (χ4v) is 3.32.